The number of hydrogen-bond acceptors (Lipinski definition) is 5. The van der Waals surface area contributed by atoms with Crippen molar-refractivity contribution in [2.75, 3.05) is 0 Å². The molecule has 1 unspecified atom stereocenters. The normalized spacial score (nSPS) is 32.2. The minimum atomic E-state index is -2.41. The van der Waals surface area contributed by atoms with Gasteiger partial charge < -0.3 is 14.8 Å². The van der Waals surface area contributed by atoms with Crippen LogP contribution >= 0.6 is 11.3 Å². The standard InChI is InChI=1S/C26H25NO4S2/c1-13-20-5-6-32-23(20)26(16-8-14-7-15(10-16)11-17(26)9-14)22-21(13)24(28)27(25(22)29)18-3-2-4-19(12-18)33(30)31/h2-6,12,14-17,28-29H,1,7-11H2,(H,30,31)/p-1. The van der Waals surface area contributed by atoms with Crippen molar-refractivity contribution in [3.05, 3.63) is 63.9 Å². The Balaban J connectivity index is 1.54. The lowest BCUT2D eigenvalue weighted by atomic mass is 9.42. The van der Waals surface area contributed by atoms with Gasteiger partial charge in [-0.2, -0.15) is 0 Å². The molecule has 7 heteroatoms. The summed E-state index contributed by atoms with van der Waals surface area (Å²) < 4.78 is 24.6. The maximum atomic E-state index is 11.8. The molecule has 170 valence electrons. The molecule has 2 N–H and O–H groups in total. The van der Waals surface area contributed by atoms with Gasteiger partial charge in [-0.3, -0.25) is 8.78 Å². The van der Waals surface area contributed by atoms with Crippen LogP contribution in [0.3, 0.4) is 0 Å². The van der Waals surface area contributed by atoms with Crippen LogP contribution < -0.4 is 0 Å². The second-order valence-electron chi connectivity index (χ2n) is 10.3. The molecule has 0 radical (unpaired) electrons. The molecule has 0 aliphatic heterocycles. The van der Waals surface area contributed by atoms with E-state index in [9.17, 15) is 19.0 Å². The zero-order valence-electron chi connectivity index (χ0n) is 18.0. The van der Waals surface area contributed by atoms with Crippen LogP contribution in [-0.4, -0.2) is 23.5 Å². The summed E-state index contributed by atoms with van der Waals surface area (Å²) in [4.78, 5) is 1.40. The summed E-state index contributed by atoms with van der Waals surface area (Å²) in [5.74, 6) is 2.34. The molecule has 1 spiro atoms. The van der Waals surface area contributed by atoms with E-state index in [0.717, 1.165) is 54.2 Å². The highest BCUT2D eigenvalue weighted by Gasteiger charge is 2.63. The second-order valence-corrected chi connectivity index (χ2v) is 12.1. The SMILES string of the molecule is C=C1c2ccsc2C2(c3c1c(O)n(-c1cccc(S(=O)[O-])c1)c3O)C1CC3CC(C1)CC2C3. The van der Waals surface area contributed by atoms with E-state index in [1.165, 1.54) is 28.0 Å². The van der Waals surface area contributed by atoms with E-state index < -0.39 is 11.1 Å². The number of aromatic nitrogens is 1. The number of thiophene rings is 1. The number of aromatic hydroxyl groups is 2. The van der Waals surface area contributed by atoms with Gasteiger partial charge in [0, 0.05) is 20.8 Å². The summed E-state index contributed by atoms with van der Waals surface area (Å²) >= 11 is -0.653. The monoisotopic (exact) mass is 478 g/mol. The quantitative estimate of drug-likeness (QED) is 0.489. The first-order valence-electron chi connectivity index (χ1n) is 11.6. The van der Waals surface area contributed by atoms with Crippen LogP contribution in [0.1, 0.15) is 53.7 Å². The fourth-order valence-electron chi connectivity index (χ4n) is 8.02. The predicted molar refractivity (Wildman–Crippen MR) is 127 cm³/mol. The first kappa shape index (κ1) is 20.1. The summed E-state index contributed by atoms with van der Waals surface area (Å²) in [7, 11) is 0. The van der Waals surface area contributed by atoms with Crippen LogP contribution in [-0.2, 0) is 16.5 Å². The smallest absolute Gasteiger partial charge is 0.207 e. The highest BCUT2D eigenvalue weighted by Crippen LogP contribution is 2.71. The molecular weight excluding hydrogens is 454 g/mol. The van der Waals surface area contributed by atoms with Crippen LogP contribution in [0.25, 0.3) is 11.3 Å². The van der Waals surface area contributed by atoms with Crippen molar-refractivity contribution in [1.29, 1.82) is 0 Å². The Morgan fingerprint density at radius 3 is 2.42 bits per heavy atom. The summed E-state index contributed by atoms with van der Waals surface area (Å²) in [6.45, 7) is 4.34. The third kappa shape index (κ3) is 2.38. The van der Waals surface area contributed by atoms with Crippen molar-refractivity contribution in [1.82, 2.24) is 4.57 Å². The van der Waals surface area contributed by atoms with Gasteiger partial charge in [-0.15, -0.1) is 11.3 Å². The molecule has 2 aromatic heterocycles. The van der Waals surface area contributed by atoms with E-state index in [-0.39, 0.29) is 22.1 Å². The summed E-state index contributed by atoms with van der Waals surface area (Å²) in [5.41, 5.74) is 3.36. The van der Waals surface area contributed by atoms with Gasteiger partial charge in [0.1, 0.15) is 0 Å². The molecule has 8 rings (SSSR count). The molecule has 1 aromatic carbocycles. The number of hydrogen-bond donors (Lipinski definition) is 2. The molecule has 4 fully saturated rings. The van der Waals surface area contributed by atoms with Crippen molar-refractivity contribution in [2.24, 2.45) is 23.7 Å². The Kier molecular flexibility index (Phi) is 4.02. The summed E-state index contributed by atoms with van der Waals surface area (Å²) in [6, 6.07) is 8.43. The highest BCUT2D eigenvalue weighted by molar-refractivity contribution is 7.79. The van der Waals surface area contributed by atoms with Crippen LogP contribution in [0.5, 0.6) is 11.8 Å². The zero-order valence-corrected chi connectivity index (χ0v) is 19.6. The average Bonchev–Trinajstić information content (AvgIpc) is 3.37. The molecule has 3 aromatic rings. The van der Waals surface area contributed by atoms with Gasteiger partial charge in [-0.25, -0.2) is 0 Å². The number of nitrogens with zero attached hydrogens (tertiary/aromatic N) is 1. The molecule has 5 aliphatic rings. The van der Waals surface area contributed by atoms with Crippen molar-refractivity contribution in [3.8, 4) is 17.4 Å². The van der Waals surface area contributed by atoms with Gasteiger partial charge in [0.05, 0.1) is 11.3 Å². The first-order chi connectivity index (χ1) is 15.9. The lowest BCUT2D eigenvalue weighted by Gasteiger charge is -2.62. The maximum Gasteiger partial charge on any atom is 0.207 e. The Morgan fingerprint density at radius 2 is 1.76 bits per heavy atom. The van der Waals surface area contributed by atoms with E-state index in [4.69, 9.17) is 0 Å². The Bertz CT molecular complexity index is 1340. The van der Waals surface area contributed by atoms with Crippen molar-refractivity contribution < 1.29 is 19.0 Å². The van der Waals surface area contributed by atoms with Crippen LogP contribution in [0.4, 0.5) is 0 Å². The van der Waals surface area contributed by atoms with E-state index >= 15 is 0 Å². The van der Waals surface area contributed by atoms with Crippen LogP contribution in [0, 0.1) is 23.7 Å². The lowest BCUT2D eigenvalue weighted by Crippen LogP contribution is -2.56. The molecule has 5 aliphatic carbocycles. The average molecular weight is 479 g/mol. The van der Waals surface area contributed by atoms with Gasteiger partial charge in [-0.1, -0.05) is 12.6 Å². The second kappa shape index (κ2) is 6.62. The van der Waals surface area contributed by atoms with Gasteiger partial charge >= 0.3 is 0 Å². The van der Waals surface area contributed by atoms with Crippen LogP contribution in [0.2, 0.25) is 0 Å². The Labute approximate surface area is 198 Å². The van der Waals surface area contributed by atoms with E-state index in [1.54, 1.807) is 23.5 Å². The molecule has 4 bridgehead atoms. The number of benzene rings is 1. The highest BCUT2D eigenvalue weighted by atomic mass is 32.2. The lowest BCUT2D eigenvalue weighted by molar-refractivity contribution is -0.0417. The fourth-order valence-corrected chi connectivity index (χ4v) is 9.71. The minimum Gasteiger partial charge on any atom is -0.768 e. The largest absolute Gasteiger partial charge is 0.768 e. The zero-order chi connectivity index (χ0) is 22.6. The molecule has 4 saturated carbocycles. The summed E-state index contributed by atoms with van der Waals surface area (Å²) in [5, 5.41) is 25.4. The molecule has 0 amide bonds. The van der Waals surface area contributed by atoms with Gasteiger partial charge in [0.15, 0.2) is 0 Å². The van der Waals surface area contributed by atoms with Crippen molar-refractivity contribution in [2.45, 2.75) is 42.4 Å². The van der Waals surface area contributed by atoms with Gasteiger partial charge in [0.2, 0.25) is 11.8 Å². The van der Waals surface area contributed by atoms with E-state index in [2.05, 4.69) is 18.0 Å². The van der Waals surface area contributed by atoms with E-state index in [1.807, 2.05) is 0 Å². The van der Waals surface area contributed by atoms with Crippen molar-refractivity contribution in [3.63, 3.8) is 0 Å². The van der Waals surface area contributed by atoms with Gasteiger partial charge in [0.25, 0.3) is 0 Å². The predicted octanol–water partition coefficient (Wildman–Crippen LogP) is 5.31. The minimum absolute atomic E-state index is 0.0176. The third-order valence-electron chi connectivity index (χ3n) is 8.90. The number of fused-ring (bicyclic) bond motifs is 2. The number of rotatable bonds is 2. The first-order valence-corrected chi connectivity index (χ1v) is 13.5. The van der Waals surface area contributed by atoms with Gasteiger partial charge in [-0.05, 0) is 108 Å². The topological polar surface area (TPSA) is 85.5 Å². The van der Waals surface area contributed by atoms with Crippen molar-refractivity contribution >= 4 is 28.0 Å². The fraction of sp³-hybridized carbons (Fsp3) is 0.385. The van der Waals surface area contributed by atoms with E-state index in [0.29, 0.717) is 23.1 Å². The molecular formula is C26H24NO4S2-. The Hall–Kier alpha value is -2.35. The molecule has 0 saturated heterocycles. The summed E-state index contributed by atoms with van der Waals surface area (Å²) in [6.07, 6.45) is 5.97. The Morgan fingerprint density at radius 1 is 1.06 bits per heavy atom. The maximum absolute atomic E-state index is 11.8. The third-order valence-corrected chi connectivity index (χ3v) is 10.6. The molecule has 2 heterocycles. The van der Waals surface area contributed by atoms with Crippen LogP contribution in [0.15, 0.2) is 47.2 Å². The molecule has 5 nitrogen and oxygen atoms in total. The molecule has 1 atom stereocenters. The molecule has 33 heavy (non-hydrogen) atoms.